The lowest BCUT2D eigenvalue weighted by Gasteiger charge is -2.42. The van der Waals surface area contributed by atoms with Crippen LogP contribution in [0.3, 0.4) is 0 Å². The van der Waals surface area contributed by atoms with Gasteiger partial charge in [0.2, 0.25) is 0 Å². The molecule has 2 unspecified atom stereocenters. The minimum Gasteiger partial charge on any atom is -0.501 e. The number of fused-ring (bicyclic) bond motifs is 1. The smallest absolute Gasteiger partial charge is 0.120 e. The molecule has 2 atom stereocenters. The number of aryl methyl sites for hydroxylation is 1. The van der Waals surface area contributed by atoms with Crippen LogP contribution in [0.5, 0.6) is 0 Å². The van der Waals surface area contributed by atoms with Gasteiger partial charge in [-0.05, 0) is 44.5 Å². The van der Waals surface area contributed by atoms with E-state index in [9.17, 15) is 0 Å². The van der Waals surface area contributed by atoms with Crippen LogP contribution in [0.1, 0.15) is 31.2 Å². The van der Waals surface area contributed by atoms with Crippen LogP contribution >= 0.6 is 0 Å². The highest BCUT2D eigenvalue weighted by molar-refractivity contribution is 6.38. The van der Waals surface area contributed by atoms with Gasteiger partial charge < -0.3 is 19.7 Å². The van der Waals surface area contributed by atoms with Crippen molar-refractivity contribution in [2.45, 2.75) is 43.8 Å². The molecule has 1 N–H and O–H groups in total. The van der Waals surface area contributed by atoms with E-state index < -0.39 is 0 Å². The SMILES string of the molecule is COC1=CC(N(CCN2CCN(C3CCNCC3)CC2)C2=CCC3N=CC(c4cnn(C)c4)=NC3=C2)CC(OC)=C1. The van der Waals surface area contributed by atoms with Crippen molar-refractivity contribution in [1.82, 2.24) is 29.8 Å². The highest BCUT2D eigenvalue weighted by Crippen LogP contribution is 2.31. The molecule has 1 aromatic rings. The number of piperazine rings is 1. The summed E-state index contributed by atoms with van der Waals surface area (Å²) >= 11 is 0. The van der Waals surface area contributed by atoms with E-state index in [-0.39, 0.29) is 12.1 Å². The van der Waals surface area contributed by atoms with Gasteiger partial charge in [0.15, 0.2) is 0 Å². The summed E-state index contributed by atoms with van der Waals surface area (Å²) in [6.07, 6.45) is 18.7. The topological polar surface area (TPSA) is 82.8 Å². The highest BCUT2D eigenvalue weighted by Gasteiger charge is 2.30. The van der Waals surface area contributed by atoms with E-state index in [1.165, 1.54) is 18.5 Å². The van der Waals surface area contributed by atoms with E-state index in [0.717, 1.165) is 99.7 Å². The second-order valence-corrected chi connectivity index (χ2v) is 11.5. The van der Waals surface area contributed by atoms with Crippen LogP contribution in [0, 0.1) is 0 Å². The molecule has 10 nitrogen and oxygen atoms in total. The van der Waals surface area contributed by atoms with Crippen molar-refractivity contribution in [1.29, 1.82) is 0 Å². The Hall–Kier alpha value is -3.21. The molecule has 0 aromatic carbocycles. The number of rotatable bonds is 9. The Balaban J connectivity index is 1.19. The maximum atomic E-state index is 5.72. The average Bonchev–Trinajstić information content (AvgIpc) is 3.47. The van der Waals surface area contributed by atoms with Crippen molar-refractivity contribution >= 4 is 11.9 Å². The van der Waals surface area contributed by atoms with E-state index in [1.54, 1.807) is 18.9 Å². The fourth-order valence-electron chi connectivity index (χ4n) is 6.57. The molecule has 2 aliphatic carbocycles. The average molecular weight is 561 g/mol. The quantitative estimate of drug-likeness (QED) is 0.497. The molecule has 220 valence electrons. The summed E-state index contributed by atoms with van der Waals surface area (Å²) in [4.78, 5) is 17.7. The first-order chi connectivity index (χ1) is 20.1. The van der Waals surface area contributed by atoms with E-state index >= 15 is 0 Å². The van der Waals surface area contributed by atoms with Crippen LogP contribution in [0.2, 0.25) is 0 Å². The van der Waals surface area contributed by atoms with E-state index in [4.69, 9.17) is 19.5 Å². The predicted octanol–water partition coefficient (Wildman–Crippen LogP) is 2.34. The zero-order valence-electron chi connectivity index (χ0n) is 24.7. The third-order valence-corrected chi connectivity index (χ3v) is 9.00. The molecule has 10 heteroatoms. The first-order valence-corrected chi connectivity index (χ1v) is 15.1. The largest absolute Gasteiger partial charge is 0.501 e. The summed E-state index contributed by atoms with van der Waals surface area (Å²) in [5, 5.41) is 7.82. The number of hydrogen-bond donors (Lipinski definition) is 1. The molecule has 6 rings (SSSR count). The minimum absolute atomic E-state index is 0.0648. The Morgan fingerprint density at radius 3 is 2.63 bits per heavy atom. The van der Waals surface area contributed by atoms with Gasteiger partial charge in [0, 0.05) is 88.5 Å². The first-order valence-electron chi connectivity index (χ1n) is 15.1. The number of methoxy groups -OCH3 is 2. The number of allylic oxidation sites excluding steroid dienone is 2. The summed E-state index contributed by atoms with van der Waals surface area (Å²) < 4.78 is 13.2. The molecule has 0 bridgehead atoms. The number of nitrogens with one attached hydrogen (secondary N) is 1. The number of aromatic nitrogens is 2. The van der Waals surface area contributed by atoms with Crippen LogP contribution in [0.15, 0.2) is 69.6 Å². The van der Waals surface area contributed by atoms with Crippen molar-refractivity contribution < 1.29 is 9.47 Å². The number of piperidine rings is 1. The highest BCUT2D eigenvalue weighted by atomic mass is 16.5. The molecule has 2 fully saturated rings. The fraction of sp³-hybridized carbons (Fsp3) is 0.581. The van der Waals surface area contributed by atoms with Gasteiger partial charge in [0.05, 0.1) is 43.9 Å². The molecular weight excluding hydrogens is 516 g/mol. The fourth-order valence-corrected chi connectivity index (χ4v) is 6.57. The molecule has 0 amide bonds. The molecular formula is C31H44N8O2. The Kier molecular flexibility index (Phi) is 8.69. The summed E-state index contributed by atoms with van der Waals surface area (Å²) in [7, 11) is 5.40. The molecule has 0 saturated carbocycles. The van der Waals surface area contributed by atoms with E-state index in [2.05, 4.69) is 43.3 Å². The lowest BCUT2D eigenvalue weighted by molar-refractivity contribution is 0.0759. The third-order valence-electron chi connectivity index (χ3n) is 9.00. The van der Waals surface area contributed by atoms with Gasteiger partial charge >= 0.3 is 0 Å². The number of aliphatic imine (C=N–C) groups is 2. The lowest BCUT2D eigenvalue weighted by Crippen LogP contribution is -2.53. The maximum absolute atomic E-state index is 5.72. The molecule has 3 aliphatic heterocycles. The summed E-state index contributed by atoms with van der Waals surface area (Å²) in [5.41, 5.74) is 4.06. The van der Waals surface area contributed by atoms with Gasteiger partial charge in [-0.25, -0.2) is 4.99 Å². The van der Waals surface area contributed by atoms with Crippen LogP contribution in [0.25, 0.3) is 0 Å². The van der Waals surface area contributed by atoms with Crippen molar-refractivity contribution in [2.75, 3.05) is 66.6 Å². The molecule has 0 spiro atoms. The molecule has 4 heterocycles. The predicted molar refractivity (Wildman–Crippen MR) is 162 cm³/mol. The molecule has 5 aliphatic rings. The number of hydrogen-bond acceptors (Lipinski definition) is 9. The molecule has 0 radical (unpaired) electrons. The molecule has 2 saturated heterocycles. The zero-order valence-corrected chi connectivity index (χ0v) is 24.7. The van der Waals surface area contributed by atoms with Crippen LogP contribution < -0.4 is 5.32 Å². The van der Waals surface area contributed by atoms with Gasteiger partial charge in [0.25, 0.3) is 0 Å². The van der Waals surface area contributed by atoms with E-state index in [0.29, 0.717) is 0 Å². The van der Waals surface area contributed by atoms with Gasteiger partial charge in [0.1, 0.15) is 11.5 Å². The second kappa shape index (κ2) is 12.8. The third kappa shape index (κ3) is 6.50. The molecule has 41 heavy (non-hydrogen) atoms. The minimum atomic E-state index is 0.0648. The normalized spacial score (nSPS) is 25.9. The van der Waals surface area contributed by atoms with Crippen molar-refractivity contribution in [3.8, 4) is 0 Å². The van der Waals surface area contributed by atoms with Crippen LogP contribution in [-0.2, 0) is 16.5 Å². The first kappa shape index (κ1) is 27.9. The standard InChI is InChI=1S/C31H44N8O2/c1-36-22-23(20-34-36)31-21-33-29-5-4-25(18-30(29)35-31)39(26-16-27(40-2)19-28(17-26)41-3)15-12-37-10-13-38(14-11-37)24-6-8-32-9-7-24/h4,16,18-22,24,26,29,32H,5-15,17H2,1-3H3. The Morgan fingerprint density at radius 1 is 1.07 bits per heavy atom. The monoisotopic (exact) mass is 560 g/mol. The van der Waals surface area contributed by atoms with E-state index in [1.807, 2.05) is 31.7 Å². The van der Waals surface area contributed by atoms with Gasteiger partial charge in [-0.1, -0.05) is 6.08 Å². The van der Waals surface area contributed by atoms with Crippen molar-refractivity contribution in [2.24, 2.45) is 17.0 Å². The van der Waals surface area contributed by atoms with Crippen molar-refractivity contribution in [3.63, 3.8) is 0 Å². The Bertz CT molecular complexity index is 1260. The summed E-state index contributed by atoms with van der Waals surface area (Å²) in [6, 6.07) is 0.945. The van der Waals surface area contributed by atoms with Crippen LogP contribution in [0.4, 0.5) is 0 Å². The Labute approximate surface area is 243 Å². The number of nitrogens with zero attached hydrogens (tertiary/aromatic N) is 7. The summed E-state index contributed by atoms with van der Waals surface area (Å²) in [6.45, 7) is 8.83. The summed E-state index contributed by atoms with van der Waals surface area (Å²) in [5.74, 6) is 1.79. The maximum Gasteiger partial charge on any atom is 0.120 e. The van der Waals surface area contributed by atoms with Crippen molar-refractivity contribution in [3.05, 3.63) is 65.2 Å². The number of ether oxygens (including phenoxy) is 2. The lowest BCUT2D eigenvalue weighted by atomic mass is 9.98. The Morgan fingerprint density at radius 2 is 1.90 bits per heavy atom. The van der Waals surface area contributed by atoms with Gasteiger partial charge in [-0.2, -0.15) is 5.10 Å². The second-order valence-electron chi connectivity index (χ2n) is 11.5. The van der Waals surface area contributed by atoms with Gasteiger partial charge in [-0.3, -0.25) is 19.5 Å². The zero-order chi connectivity index (χ0) is 28.2. The molecule has 1 aromatic heterocycles. The van der Waals surface area contributed by atoms with Crippen LogP contribution in [-0.4, -0.2) is 121 Å². The van der Waals surface area contributed by atoms with Gasteiger partial charge in [-0.15, -0.1) is 0 Å².